The number of methoxy groups -OCH3 is 1. The van der Waals surface area contributed by atoms with Gasteiger partial charge in [0.1, 0.15) is 12.4 Å². The Balaban J connectivity index is 2.29. The van der Waals surface area contributed by atoms with Crippen molar-refractivity contribution in [2.24, 2.45) is 7.05 Å². The van der Waals surface area contributed by atoms with Crippen LogP contribution in [-0.2, 0) is 11.8 Å². The third-order valence-electron chi connectivity index (χ3n) is 2.70. The summed E-state index contributed by atoms with van der Waals surface area (Å²) in [5.74, 6) is 0.866. The number of hydrogen-bond donors (Lipinski definition) is 0. The molecule has 0 spiro atoms. The van der Waals surface area contributed by atoms with Crippen molar-refractivity contribution >= 4 is 0 Å². The van der Waals surface area contributed by atoms with Gasteiger partial charge in [0, 0.05) is 31.5 Å². The molecule has 0 unspecified atom stereocenters. The third-order valence-corrected chi connectivity index (χ3v) is 2.70. The van der Waals surface area contributed by atoms with Crippen LogP contribution in [0.15, 0.2) is 30.6 Å². The van der Waals surface area contributed by atoms with Crippen LogP contribution in [0.5, 0.6) is 5.75 Å². The van der Waals surface area contributed by atoms with Gasteiger partial charge in [-0.25, -0.2) is 0 Å². The molecule has 2 rings (SSSR count). The second-order valence-electron chi connectivity index (χ2n) is 4.24. The molecule has 0 bridgehead atoms. The maximum atomic E-state index is 5.73. The second-order valence-corrected chi connectivity index (χ2v) is 4.24. The normalized spacial score (nSPS) is 10.6. The molecule has 2 aromatic rings. The van der Waals surface area contributed by atoms with Crippen LogP contribution in [0.1, 0.15) is 5.56 Å². The predicted molar refractivity (Wildman–Crippen MR) is 70.8 cm³/mol. The summed E-state index contributed by atoms with van der Waals surface area (Å²) in [6, 6.07) is 6.15. The summed E-state index contributed by atoms with van der Waals surface area (Å²) in [7, 11) is 3.57. The first-order valence-electron chi connectivity index (χ1n) is 5.92. The number of aryl methyl sites for hydroxylation is 2. The fourth-order valence-corrected chi connectivity index (χ4v) is 1.79. The Morgan fingerprint density at radius 3 is 2.78 bits per heavy atom. The zero-order valence-electron chi connectivity index (χ0n) is 11.0. The highest BCUT2D eigenvalue weighted by Crippen LogP contribution is 2.30. The number of ether oxygens (including phenoxy) is 2. The van der Waals surface area contributed by atoms with E-state index in [2.05, 4.69) is 18.1 Å². The highest BCUT2D eigenvalue weighted by molar-refractivity contribution is 5.70. The molecule has 0 aliphatic carbocycles. The van der Waals surface area contributed by atoms with Crippen LogP contribution in [-0.4, -0.2) is 30.1 Å². The van der Waals surface area contributed by atoms with E-state index in [1.54, 1.807) is 11.8 Å². The van der Waals surface area contributed by atoms with Crippen molar-refractivity contribution in [1.82, 2.24) is 9.78 Å². The molecule has 0 radical (unpaired) electrons. The van der Waals surface area contributed by atoms with E-state index in [-0.39, 0.29) is 0 Å². The van der Waals surface area contributed by atoms with E-state index in [1.165, 1.54) is 5.56 Å². The average molecular weight is 246 g/mol. The molecule has 0 amide bonds. The summed E-state index contributed by atoms with van der Waals surface area (Å²) < 4.78 is 12.5. The van der Waals surface area contributed by atoms with E-state index >= 15 is 0 Å². The van der Waals surface area contributed by atoms with Gasteiger partial charge < -0.3 is 9.47 Å². The van der Waals surface area contributed by atoms with E-state index < -0.39 is 0 Å². The molecule has 0 aliphatic heterocycles. The topological polar surface area (TPSA) is 36.3 Å². The zero-order chi connectivity index (χ0) is 13.0. The molecule has 18 heavy (non-hydrogen) atoms. The van der Waals surface area contributed by atoms with Crippen LogP contribution in [0.3, 0.4) is 0 Å². The number of rotatable bonds is 5. The van der Waals surface area contributed by atoms with Crippen molar-refractivity contribution in [3.8, 4) is 16.9 Å². The van der Waals surface area contributed by atoms with Gasteiger partial charge in [-0.1, -0.05) is 11.6 Å². The van der Waals surface area contributed by atoms with Crippen LogP contribution in [0.25, 0.3) is 11.1 Å². The van der Waals surface area contributed by atoms with E-state index in [0.717, 1.165) is 16.9 Å². The highest BCUT2D eigenvalue weighted by atomic mass is 16.5. The molecule has 1 heterocycles. The van der Waals surface area contributed by atoms with E-state index in [0.29, 0.717) is 13.2 Å². The number of hydrogen-bond acceptors (Lipinski definition) is 3. The molecule has 4 nitrogen and oxygen atoms in total. The fraction of sp³-hybridized carbons (Fsp3) is 0.357. The maximum Gasteiger partial charge on any atom is 0.127 e. The molecule has 0 saturated heterocycles. The Morgan fingerprint density at radius 2 is 2.11 bits per heavy atom. The van der Waals surface area contributed by atoms with Gasteiger partial charge in [-0.2, -0.15) is 5.10 Å². The SMILES string of the molecule is COCCOc1ccc(C)cc1-c1cnn(C)c1. The van der Waals surface area contributed by atoms with Gasteiger partial charge in [0.15, 0.2) is 0 Å². The van der Waals surface area contributed by atoms with Crippen LogP contribution in [0.2, 0.25) is 0 Å². The summed E-state index contributed by atoms with van der Waals surface area (Å²) in [6.07, 6.45) is 3.83. The van der Waals surface area contributed by atoms with Gasteiger partial charge in [0.2, 0.25) is 0 Å². The molecule has 4 heteroatoms. The Morgan fingerprint density at radius 1 is 1.28 bits per heavy atom. The fourth-order valence-electron chi connectivity index (χ4n) is 1.79. The molecule has 0 aliphatic rings. The van der Waals surface area contributed by atoms with Crippen LogP contribution in [0, 0.1) is 6.92 Å². The Hall–Kier alpha value is -1.81. The number of aromatic nitrogens is 2. The molecule has 0 fully saturated rings. The summed E-state index contributed by atoms with van der Waals surface area (Å²) >= 11 is 0. The van der Waals surface area contributed by atoms with Gasteiger partial charge in [-0.15, -0.1) is 0 Å². The lowest BCUT2D eigenvalue weighted by Gasteiger charge is -2.11. The quantitative estimate of drug-likeness (QED) is 0.760. The minimum atomic E-state index is 0.548. The maximum absolute atomic E-state index is 5.73. The van der Waals surface area contributed by atoms with E-state index in [9.17, 15) is 0 Å². The molecule has 1 aromatic carbocycles. The Bertz CT molecular complexity index is 520. The summed E-state index contributed by atoms with van der Waals surface area (Å²) in [6.45, 7) is 3.20. The summed E-state index contributed by atoms with van der Waals surface area (Å²) in [5.41, 5.74) is 3.33. The van der Waals surface area contributed by atoms with Gasteiger partial charge >= 0.3 is 0 Å². The smallest absolute Gasteiger partial charge is 0.127 e. The first-order valence-corrected chi connectivity index (χ1v) is 5.92. The van der Waals surface area contributed by atoms with Gasteiger partial charge in [0.05, 0.1) is 12.8 Å². The minimum absolute atomic E-state index is 0.548. The molecular formula is C14H18N2O2. The lowest BCUT2D eigenvalue weighted by molar-refractivity contribution is 0.146. The monoisotopic (exact) mass is 246 g/mol. The van der Waals surface area contributed by atoms with Crippen molar-refractivity contribution < 1.29 is 9.47 Å². The van der Waals surface area contributed by atoms with Gasteiger partial charge in [-0.05, 0) is 19.1 Å². The third kappa shape index (κ3) is 2.90. The molecule has 96 valence electrons. The van der Waals surface area contributed by atoms with Crippen molar-refractivity contribution in [1.29, 1.82) is 0 Å². The lowest BCUT2D eigenvalue weighted by Crippen LogP contribution is -2.05. The number of nitrogens with zero attached hydrogens (tertiary/aromatic N) is 2. The standard InChI is InChI=1S/C14H18N2O2/c1-11-4-5-14(18-7-6-17-3)13(8-11)12-9-15-16(2)10-12/h4-5,8-10H,6-7H2,1-3H3. The molecule has 1 aromatic heterocycles. The van der Waals surface area contributed by atoms with Crippen LogP contribution >= 0.6 is 0 Å². The van der Waals surface area contributed by atoms with Crippen molar-refractivity contribution in [2.75, 3.05) is 20.3 Å². The van der Waals surface area contributed by atoms with Crippen molar-refractivity contribution in [2.45, 2.75) is 6.92 Å². The molecule has 0 atom stereocenters. The summed E-state index contributed by atoms with van der Waals surface area (Å²) in [5, 5.41) is 4.20. The molecular weight excluding hydrogens is 228 g/mol. The minimum Gasteiger partial charge on any atom is -0.491 e. The predicted octanol–water partition coefficient (Wildman–Crippen LogP) is 2.42. The molecule has 0 N–H and O–H groups in total. The first kappa shape index (κ1) is 12.6. The lowest BCUT2D eigenvalue weighted by atomic mass is 10.1. The van der Waals surface area contributed by atoms with Gasteiger partial charge in [-0.3, -0.25) is 4.68 Å². The first-order chi connectivity index (χ1) is 8.70. The molecule has 0 saturated carbocycles. The van der Waals surface area contributed by atoms with Crippen molar-refractivity contribution in [3.63, 3.8) is 0 Å². The second kappa shape index (κ2) is 5.69. The zero-order valence-corrected chi connectivity index (χ0v) is 11.0. The van der Waals surface area contributed by atoms with Crippen molar-refractivity contribution in [3.05, 3.63) is 36.2 Å². The van der Waals surface area contributed by atoms with E-state index in [4.69, 9.17) is 9.47 Å². The Labute approximate surface area is 107 Å². The summed E-state index contributed by atoms with van der Waals surface area (Å²) in [4.78, 5) is 0. The van der Waals surface area contributed by atoms with Crippen LogP contribution in [0.4, 0.5) is 0 Å². The van der Waals surface area contributed by atoms with Gasteiger partial charge in [0.25, 0.3) is 0 Å². The highest BCUT2D eigenvalue weighted by Gasteiger charge is 2.08. The largest absolute Gasteiger partial charge is 0.491 e. The number of benzene rings is 1. The van der Waals surface area contributed by atoms with Crippen LogP contribution < -0.4 is 4.74 Å². The Kier molecular flexibility index (Phi) is 3.99. The van der Waals surface area contributed by atoms with E-state index in [1.807, 2.05) is 31.6 Å². The average Bonchev–Trinajstić information content (AvgIpc) is 2.78.